The maximum atomic E-state index is 12.0. The van der Waals surface area contributed by atoms with Gasteiger partial charge in [0.25, 0.3) is 0 Å². The molecule has 3 N–H and O–H groups in total. The van der Waals surface area contributed by atoms with Gasteiger partial charge in [0, 0.05) is 13.2 Å². The Morgan fingerprint density at radius 1 is 1.50 bits per heavy atom. The number of sulfonamides is 1. The number of hydrogen-bond donors (Lipinski definition) is 3. The number of carboxylic acid groups (broad SMARTS) is 1. The molecule has 0 radical (unpaired) electrons. The predicted molar refractivity (Wildman–Crippen MR) is 63.9 cm³/mol. The predicted octanol–water partition coefficient (Wildman–Crippen LogP) is -0.228. The first kappa shape index (κ1) is 14.7. The Hall–Kier alpha value is -1.38. The lowest BCUT2D eigenvalue weighted by Gasteiger charge is -2.22. The summed E-state index contributed by atoms with van der Waals surface area (Å²) in [4.78, 5) is 10.7. The van der Waals surface area contributed by atoms with Crippen LogP contribution in [0.1, 0.15) is 24.3 Å². The van der Waals surface area contributed by atoms with E-state index in [1.807, 2.05) is 0 Å². The highest BCUT2D eigenvalue weighted by Gasteiger charge is 2.27. The van der Waals surface area contributed by atoms with E-state index in [-0.39, 0.29) is 17.2 Å². The van der Waals surface area contributed by atoms with Crippen molar-refractivity contribution in [2.75, 3.05) is 6.61 Å². The molecule has 0 saturated carbocycles. The molecule has 0 aromatic carbocycles. The monoisotopic (exact) mass is 276 g/mol. The Balaban J connectivity index is 3.14. The zero-order chi connectivity index (χ0) is 14.1. The Labute approximate surface area is 105 Å². The van der Waals surface area contributed by atoms with Crippen molar-refractivity contribution in [3.63, 3.8) is 0 Å². The van der Waals surface area contributed by atoms with Crippen molar-refractivity contribution in [1.82, 2.24) is 9.29 Å². The van der Waals surface area contributed by atoms with Gasteiger partial charge in [-0.2, -0.15) is 0 Å². The number of nitrogens with zero attached hydrogens (tertiary/aromatic N) is 1. The van der Waals surface area contributed by atoms with Crippen LogP contribution in [0.3, 0.4) is 0 Å². The van der Waals surface area contributed by atoms with Crippen molar-refractivity contribution in [3.8, 4) is 0 Å². The fourth-order valence-electron chi connectivity index (χ4n) is 1.35. The number of aromatic nitrogens is 1. The minimum absolute atomic E-state index is 0.128. The minimum Gasteiger partial charge on any atom is -0.477 e. The molecule has 1 rings (SSSR count). The summed E-state index contributed by atoms with van der Waals surface area (Å²) in [5.41, 5.74) is -1.14. The third-order valence-electron chi connectivity index (χ3n) is 2.32. The Kier molecular flexibility index (Phi) is 3.84. The first-order valence-electron chi connectivity index (χ1n) is 5.13. The largest absolute Gasteiger partial charge is 0.477 e. The van der Waals surface area contributed by atoms with Gasteiger partial charge in [0.05, 0.1) is 12.1 Å². The van der Waals surface area contributed by atoms with E-state index in [2.05, 4.69) is 4.72 Å². The number of rotatable bonds is 5. The van der Waals surface area contributed by atoms with Gasteiger partial charge in [0.1, 0.15) is 10.6 Å². The molecule has 0 aliphatic rings. The summed E-state index contributed by atoms with van der Waals surface area (Å²) >= 11 is 0. The Morgan fingerprint density at radius 2 is 2.06 bits per heavy atom. The van der Waals surface area contributed by atoms with Crippen LogP contribution in [0.15, 0.2) is 17.2 Å². The second-order valence-corrected chi connectivity index (χ2v) is 6.31. The second kappa shape index (κ2) is 4.71. The Morgan fingerprint density at radius 3 is 2.44 bits per heavy atom. The lowest BCUT2D eigenvalue weighted by atomic mass is 10.1. The van der Waals surface area contributed by atoms with E-state index in [1.54, 1.807) is 0 Å². The van der Waals surface area contributed by atoms with E-state index in [0.717, 1.165) is 6.07 Å². The molecule has 0 unspecified atom stereocenters. The van der Waals surface area contributed by atoms with Crippen molar-refractivity contribution in [2.45, 2.75) is 24.3 Å². The Bertz CT molecular complexity index is 559. The molecule has 0 aliphatic carbocycles. The van der Waals surface area contributed by atoms with Crippen LogP contribution in [-0.4, -0.2) is 41.3 Å². The van der Waals surface area contributed by atoms with Crippen LogP contribution in [0.25, 0.3) is 0 Å². The molecule has 0 aliphatic heterocycles. The minimum atomic E-state index is -3.86. The third kappa shape index (κ3) is 3.09. The molecule has 0 fully saturated rings. The summed E-state index contributed by atoms with van der Waals surface area (Å²) in [5, 5.41) is 17.9. The molecular weight excluding hydrogens is 260 g/mol. The van der Waals surface area contributed by atoms with Gasteiger partial charge in [-0.1, -0.05) is 0 Å². The molecule has 18 heavy (non-hydrogen) atoms. The molecule has 0 amide bonds. The SMILES string of the molecule is Cn1cc(S(=O)(=O)NC(C)(C)CO)cc1C(=O)O. The van der Waals surface area contributed by atoms with E-state index in [9.17, 15) is 13.2 Å². The van der Waals surface area contributed by atoms with Gasteiger partial charge in [-0.15, -0.1) is 0 Å². The zero-order valence-corrected chi connectivity index (χ0v) is 11.2. The molecule has 7 nitrogen and oxygen atoms in total. The smallest absolute Gasteiger partial charge is 0.352 e. The van der Waals surface area contributed by atoms with Gasteiger partial charge in [-0.05, 0) is 19.9 Å². The first-order chi connectivity index (χ1) is 8.09. The number of carbonyl (C=O) groups is 1. The number of carboxylic acids is 1. The highest BCUT2D eigenvalue weighted by Crippen LogP contribution is 2.16. The van der Waals surface area contributed by atoms with Gasteiger partial charge >= 0.3 is 5.97 Å². The van der Waals surface area contributed by atoms with Crippen LogP contribution >= 0.6 is 0 Å². The molecule has 102 valence electrons. The molecule has 0 atom stereocenters. The summed E-state index contributed by atoms with van der Waals surface area (Å²) in [6, 6.07) is 1.07. The van der Waals surface area contributed by atoms with Crippen molar-refractivity contribution in [1.29, 1.82) is 0 Å². The molecule has 0 bridgehead atoms. The van der Waals surface area contributed by atoms with Gasteiger partial charge in [0.15, 0.2) is 0 Å². The van der Waals surface area contributed by atoms with E-state index in [0.29, 0.717) is 0 Å². The van der Waals surface area contributed by atoms with Crippen LogP contribution in [0.2, 0.25) is 0 Å². The lowest BCUT2D eigenvalue weighted by Crippen LogP contribution is -2.46. The third-order valence-corrected chi connectivity index (χ3v) is 3.98. The van der Waals surface area contributed by atoms with Gasteiger partial charge in [-0.25, -0.2) is 17.9 Å². The van der Waals surface area contributed by atoms with Crippen molar-refractivity contribution >= 4 is 16.0 Å². The molecule has 1 aromatic heterocycles. The highest BCUT2D eigenvalue weighted by molar-refractivity contribution is 7.89. The summed E-state index contributed by atoms with van der Waals surface area (Å²) in [6.45, 7) is 2.67. The lowest BCUT2D eigenvalue weighted by molar-refractivity contribution is 0.0686. The van der Waals surface area contributed by atoms with E-state index in [4.69, 9.17) is 10.2 Å². The standard InChI is InChI=1S/C10H16N2O5S/c1-10(2,6-13)11-18(16,17)7-4-8(9(14)15)12(3)5-7/h4-5,11,13H,6H2,1-3H3,(H,14,15). The quantitative estimate of drug-likeness (QED) is 0.688. The number of aromatic carboxylic acids is 1. The molecule has 0 spiro atoms. The maximum absolute atomic E-state index is 12.0. The van der Waals surface area contributed by atoms with Crippen molar-refractivity contribution in [3.05, 3.63) is 18.0 Å². The van der Waals surface area contributed by atoms with Crippen molar-refractivity contribution < 1.29 is 23.4 Å². The number of hydrogen-bond acceptors (Lipinski definition) is 4. The second-order valence-electron chi connectivity index (χ2n) is 4.62. The summed E-state index contributed by atoms with van der Waals surface area (Å²) < 4.78 is 27.4. The van der Waals surface area contributed by atoms with Crippen LogP contribution < -0.4 is 4.72 Å². The van der Waals surface area contributed by atoms with Crippen molar-refractivity contribution in [2.24, 2.45) is 7.05 Å². The van der Waals surface area contributed by atoms with E-state index >= 15 is 0 Å². The number of aliphatic hydroxyl groups is 1. The number of nitrogens with one attached hydrogen (secondary N) is 1. The average Bonchev–Trinajstić information content (AvgIpc) is 2.59. The molecule has 0 saturated heterocycles. The van der Waals surface area contributed by atoms with Crippen LogP contribution in [0.5, 0.6) is 0 Å². The molecular formula is C10H16N2O5S. The highest BCUT2D eigenvalue weighted by atomic mass is 32.2. The van der Waals surface area contributed by atoms with Crippen LogP contribution in [0, 0.1) is 0 Å². The van der Waals surface area contributed by atoms with Gasteiger partial charge < -0.3 is 14.8 Å². The zero-order valence-electron chi connectivity index (χ0n) is 10.3. The summed E-state index contributed by atoms with van der Waals surface area (Å²) in [5.74, 6) is -1.21. The summed E-state index contributed by atoms with van der Waals surface area (Å²) in [6.07, 6.45) is 1.21. The van der Waals surface area contributed by atoms with Crippen LogP contribution in [0.4, 0.5) is 0 Å². The maximum Gasteiger partial charge on any atom is 0.352 e. The summed E-state index contributed by atoms with van der Waals surface area (Å²) in [7, 11) is -2.42. The molecule has 8 heteroatoms. The van der Waals surface area contributed by atoms with Gasteiger partial charge in [-0.3, -0.25) is 0 Å². The first-order valence-corrected chi connectivity index (χ1v) is 6.62. The van der Waals surface area contributed by atoms with Crippen LogP contribution in [-0.2, 0) is 17.1 Å². The fraction of sp³-hybridized carbons (Fsp3) is 0.500. The average molecular weight is 276 g/mol. The van der Waals surface area contributed by atoms with Gasteiger partial charge in [0.2, 0.25) is 10.0 Å². The molecule has 1 heterocycles. The van der Waals surface area contributed by atoms with E-state index < -0.39 is 21.5 Å². The number of aliphatic hydroxyl groups excluding tert-OH is 1. The topological polar surface area (TPSA) is 109 Å². The molecule has 1 aromatic rings. The normalized spacial score (nSPS) is 12.7. The van der Waals surface area contributed by atoms with E-state index in [1.165, 1.54) is 31.7 Å². The fourth-order valence-corrected chi connectivity index (χ4v) is 2.82. The number of aryl methyl sites for hydroxylation is 1.